The van der Waals surface area contributed by atoms with Crippen molar-refractivity contribution in [3.63, 3.8) is 0 Å². The van der Waals surface area contributed by atoms with E-state index in [1.54, 1.807) is 0 Å². The van der Waals surface area contributed by atoms with Crippen molar-refractivity contribution in [2.45, 2.75) is 0 Å². The summed E-state index contributed by atoms with van der Waals surface area (Å²) in [7, 11) is 0. The minimum atomic E-state index is 0.355. The number of benzene rings is 6. The lowest BCUT2D eigenvalue weighted by molar-refractivity contribution is 0.673. The molecule has 0 atom stereocenters. The van der Waals surface area contributed by atoms with Gasteiger partial charge in [0.1, 0.15) is 22.8 Å². The Morgan fingerprint density at radius 1 is 0.625 bits per heavy atom. The summed E-state index contributed by atoms with van der Waals surface area (Å²) in [5, 5.41) is 14.7. The molecule has 0 unspecified atom stereocenters. The van der Waals surface area contributed by atoms with Crippen LogP contribution in [0.1, 0.15) is 5.56 Å². The number of fused-ring (bicyclic) bond motifs is 7. The first kappa shape index (κ1) is 27.3. The van der Waals surface area contributed by atoms with E-state index in [9.17, 15) is 5.26 Å². The predicted molar refractivity (Wildman–Crippen MR) is 191 cm³/mol. The summed E-state index contributed by atoms with van der Waals surface area (Å²) in [6.45, 7) is 8.31. The van der Waals surface area contributed by atoms with Gasteiger partial charge in [-0.2, -0.15) is 5.26 Å². The Bertz CT molecular complexity index is 2800. The van der Waals surface area contributed by atoms with Crippen LogP contribution in [-0.2, 0) is 0 Å². The number of hydrogen-bond acceptors (Lipinski definition) is 4. The van der Waals surface area contributed by atoms with E-state index in [4.69, 9.17) is 21.0 Å². The van der Waals surface area contributed by atoms with Gasteiger partial charge in [0.25, 0.3) is 0 Å². The third kappa shape index (κ3) is 4.11. The van der Waals surface area contributed by atoms with Crippen molar-refractivity contribution < 1.29 is 4.42 Å². The number of rotatable bonds is 4. The molecule has 9 aromatic rings. The minimum absolute atomic E-state index is 0.355. The number of furan rings is 1. The van der Waals surface area contributed by atoms with Crippen molar-refractivity contribution in [1.29, 1.82) is 5.26 Å². The molecule has 0 radical (unpaired) electrons. The third-order valence-electron chi connectivity index (χ3n) is 8.89. The number of para-hydroxylation sites is 2. The second-order valence-corrected chi connectivity index (χ2v) is 11.6. The van der Waals surface area contributed by atoms with Gasteiger partial charge in [-0.05, 0) is 42.0 Å². The molecule has 3 aromatic heterocycles. The molecule has 0 bridgehead atoms. The van der Waals surface area contributed by atoms with Crippen molar-refractivity contribution in [2.75, 3.05) is 0 Å². The number of nitrogens with zero attached hydrogens (tertiary/aromatic N) is 5. The van der Waals surface area contributed by atoms with Gasteiger partial charge in [0.2, 0.25) is 5.69 Å². The van der Waals surface area contributed by atoms with E-state index in [1.165, 1.54) is 0 Å². The number of hydrogen-bond donors (Lipinski definition) is 0. The zero-order valence-electron chi connectivity index (χ0n) is 25.4. The summed E-state index contributed by atoms with van der Waals surface area (Å²) in [5.41, 5.74) is 8.45. The predicted octanol–water partition coefficient (Wildman–Crippen LogP) is 10.9. The van der Waals surface area contributed by atoms with Crippen LogP contribution in [0.5, 0.6) is 0 Å². The molecule has 6 nitrogen and oxygen atoms in total. The minimum Gasteiger partial charge on any atom is -0.455 e. The standard InChI is InChI=1S/C42H23N5O/c1-44-33-24-28(40-32(25-43)39(26-12-4-2-5-13-26)45-42(46-40)27-14-6-3-7-15-27)20-22-35(33)47-34-18-10-8-17-31(34)38-36(47)23-21-30-29-16-9-11-19-37(29)48-41(30)38/h2-24H. The van der Waals surface area contributed by atoms with E-state index in [-0.39, 0.29) is 0 Å². The van der Waals surface area contributed by atoms with Gasteiger partial charge in [0.15, 0.2) is 5.82 Å². The number of aromatic nitrogens is 3. The summed E-state index contributed by atoms with van der Waals surface area (Å²) >= 11 is 0. The number of nitriles is 1. The summed E-state index contributed by atoms with van der Waals surface area (Å²) in [4.78, 5) is 13.8. The van der Waals surface area contributed by atoms with Crippen molar-refractivity contribution in [2.24, 2.45) is 0 Å². The Kier molecular flexibility index (Phi) is 6.15. The Morgan fingerprint density at radius 3 is 2.04 bits per heavy atom. The highest BCUT2D eigenvalue weighted by Crippen LogP contribution is 2.43. The monoisotopic (exact) mass is 613 g/mol. The van der Waals surface area contributed by atoms with E-state index >= 15 is 0 Å². The molecule has 0 fully saturated rings. The SMILES string of the molecule is [C-]#[N+]c1cc(-c2nc(-c3ccccc3)nc(-c3ccccc3)c2C#N)ccc1-n1c2ccccc2c2c3oc4ccccc4c3ccc21. The zero-order chi connectivity index (χ0) is 32.2. The quantitative estimate of drug-likeness (QED) is 0.185. The largest absolute Gasteiger partial charge is 0.455 e. The second kappa shape index (κ2) is 10.8. The molecule has 222 valence electrons. The highest BCUT2D eigenvalue weighted by atomic mass is 16.3. The fraction of sp³-hybridized carbons (Fsp3) is 0. The molecule has 9 rings (SSSR count). The molecule has 0 aliphatic heterocycles. The Hall–Kier alpha value is -7.02. The average molecular weight is 614 g/mol. The maximum atomic E-state index is 10.5. The first-order valence-corrected chi connectivity index (χ1v) is 15.5. The van der Waals surface area contributed by atoms with Crippen LogP contribution in [-0.4, -0.2) is 14.5 Å². The van der Waals surface area contributed by atoms with Gasteiger partial charge in [0, 0.05) is 27.3 Å². The van der Waals surface area contributed by atoms with Gasteiger partial charge in [-0.3, -0.25) is 0 Å². The van der Waals surface area contributed by atoms with E-state index in [2.05, 4.69) is 45.8 Å². The maximum absolute atomic E-state index is 10.5. The van der Waals surface area contributed by atoms with Crippen LogP contribution in [0.2, 0.25) is 0 Å². The van der Waals surface area contributed by atoms with Crippen LogP contribution in [0.4, 0.5) is 5.69 Å². The van der Waals surface area contributed by atoms with Gasteiger partial charge in [0.05, 0.1) is 40.1 Å². The molecule has 0 spiro atoms. The van der Waals surface area contributed by atoms with Crippen molar-refractivity contribution in [3.8, 4) is 45.7 Å². The van der Waals surface area contributed by atoms with Crippen LogP contribution in [0.3, 0.4) is 0 Å². The summed E-state index contributed by atoms with van der Waals surface area (Å²) in [6.07, 6.45) is 0. The fourth-order valence-electron chi connectivity index (χ4n) is 6.74. The van der Waals surface area contributed by atoms with Gasteiger partial charge in [-0.15, -0.1) is 0 Å². The Balaban J connectivity index is 1.29. The van der Waals surface area contributed by atoms with Crippen molar-refractivity contribution in [3.05, 3.63) is 157 Å². The second-order valence-electron chi connectivity index (χ2n) is 11.6. The lowest BCUT2D eigenvalue weighted by Gasteiger charge is -2.14. The Morgan fingerprint density at radius 2 is 1.29 bits per heavy atom. The normalized spacial score (nSPS) is 11.3. The van der Waals surface area contributed by atoms with Crippen LogP contribution in [0.15, 0.2) is 144 Å². The molecule has 0 aliphatic carbocycles. The first-order valence-electron chi connectivity index (χ1n) is 15.5. The van der Waals surface area contributed by atoms with Gasteiger partial charge < -0.3 is 8.98 Å². The van der Waals surface area contributed by atoms with Crippen LogP contribution >= 0.6 is 0 Å². The first-order chi connectivity index (χ1) is 23.7. The molecular formula is C42H23N5O. The molecule has 0 N–H and O–H groups in total. The van der Waals surface area contributed by atoms with Gasteiger partial charge in [-0.25, -0.2) is 14.8 Å². The molecule has 0 saturated carbocycles. The lowest BCUT2D eigenvalue weighted by atomic mass is 9.99. The molecule has 0 aliphatic rings. The van der Waals surface area contributed by atoms with Gasteiger partial charge >= 0.3 is 0 Å². The molecule has 6 heteroatoms. The Labute approximate surface area is 275 Å². The average Bonchev–Trinajstić information content (AvgIpc) is 3.70. The van der Waals surface area contributed by atoms with E-state index in [0.29, 0.717) is 34.0 Å². The van der Waals surface area contributed by atoms with Crippen LogP contribution in [0, 0.1) is 17.9 Å². The van der Waals surface area contributed by atoms with Crippen molar-refractivity contribution in [1.82, 2.24) is 14.5 Å². The summed E-state index contributed by atoms with van der Waals surface area (Å²) in [5.74, 6) is 0.508. The van der Waals surface area contributed by atoms with E-state index in [1.807, 2.05) is 109 Å². The molecule has 3 heterocycles. The lowest BCUT2D eigenvalue weighted by Crippen LogP contribution is -2.01. The highest BCUT2D eigenvalue weighted by Gasteiger charge is 2.22. The van der Waals surface area contributed by atoms with Gasteiger partial charge in [-0.1, -0.05) is 103 Å². The molecule has 6 aromatic carbocycles. The van der Waals surface area contributed by atoms with Crippen LogP contribution < -0.4 is 0 Å². The van der Waals surface area contributed by atoms with Crippen LogP contribution in [0.25, 0.3) is 88.2 Å². The van der Waals surface area contributed by atoms with E-state index in [0.717, 1.165) is 60.6 Å². The van der Waals surface area contributed by atoms with Crippen molar-refractivity contribution >= 4 is 49.4 Å². The highest BCUT2D eigenvalue weighted by molar-refractivity contribution is 6.24. The third-order valence-corrected chi connectivity index (χ3v) is 8.89. The zero-order valence-corrected chi connectivity index (χ0v) is 25.4. The topological polar surface area (TPSA) is 72.0 Å². The molecule has 48 heavy (non-hydrogen) atoms. The molecular weight excluding hydrogens is 590 g/mol. The fourth-order valence-corrected chi connectivity index (χ4v) is 6.74. The smallest absolute Gasteiger partial charge is 0.211 e. The molecule has 0 amide bonds. The summed E-state index contributed by atoms with van der Waals surface area (Å²) in [6, 6.07) is 48.0. The summed E-state index contributed by atoms with van der Waals surface area (Å²) < 4.78 is 8.59. The molecule has 0 saturated heterocycles. The van der Waals surface area contributed by atoms with E-state index < -0.39 is 0 Å². The maximum Gasteiger partial charge on any atom is 0.211 e.